The highest BCUT2D eigenvalue weighted by Crippen LogP contribution is 2.29. The van der Waals surface area contributed by atoms with Crippen molar-refractivity contribution in [2.75, 3.05) is 26.1 Å². The van der Waals surface area contributed by atoms with Crippen LogP contribution in [0.4, 0.5) is 5.69 Å². The molecule has 0 heterocycles. The van der Waals surface area contributed by atoms with Crippen LogP contribution in [-0.4, -0.2) is 37.5 Å². The average Bonchev–Trinajstić information content (AvgIpc) is 2.63. The molecule has 7 heteroatoms. The lowest BCUT2D eigenvalue weighted by Crippen LogP contribution is -2.36. The number of benzene rings is 2. The first-order valence-electron chi connectivity index (χ1n) is 7.95. The number of hydrogen-bond donors (Lipinski definition) is 1. The van der Waals surface area contributed by atoms with Gasteiger partial charge in [-0.3, -0.25) is 9.59 Å². The largest absolute Gasteiger partial charge is 0.497 e. The fraction of sp³-hybridized carbons (Fsp3) is 0.263. The van der Waals surface area contributed by atoms with Crippen LogP contribution >= 0.6 is 11.6 Å². The third kappa shape index (κ3) is 5.13. The van der Waals surface area contributed by atoms with Crippen molar-refractivity contribution in [3.05, 3.63) is 53.1 Å². The lowest BCUT2D eigenvalue weighted by atomic mass is 10.2. The topological polar surface area (TPSA) is 67.9 Å². The first-order valence-corrected chi connectivity index (χ1v) is 8.33. The summed E-state index contributed by atoms with van der Waals surface area (Å²) < 4.78 is 10.4. The van der Waals surface area contributed by atoms with Gasteiger partial charge >= 0.3 is 0 Å². The Bertz CT molecular complexity index is 795. The van der Waals surface area contributed by atoms with Gasteiger partial charge in [-0.1, -0.05) is 29.8 Å². The van der Waals surface area contributed by atoms with Crippen LogP contribution in [0, 0.1) is 0 Å². The molecule has 0 fully saturated rings. The van der Waals surface area contributed by atoms with E-state index in [-0.39, 0.29) is 24.9 Å². The highest BCUT2D eigenvalue weighted by molar-refractivity contribution is 6.31. The van der Waals surface area contributed by atoms with Gasteiger partial charge in [0.2, 0.25) is 11.8 Å². The fourth-order valence-corrected chi connectivity index (χ4v) is 2.57. The molecule has 2 amide bonds. The summed E-state index contributed by atoms with van der Waals surface area (Å²) in [6, 6.07) is 12.3. The smallest absolute Gasteiger partial charge is 0.244 e. The van der Waals surface area contributed by atoms with E-state index in [4.69, 9.17) is 21.1 Å². The minimum Gasteiger partial charge on any atom is -0.497 e. The van der Waals surface area contributed by atoms with Gasteiger partial charge in [0.05, 0.1) is 19.9 Å². The molecule has 0 atom stereocenters. The molecule has 0 radical (unpaired) electrons. The second kappa shape index (κ2) is 9.10. The molecule has 0 unspecified atom stereocenters. The SMILES string of the molecule is COc1ccc(NC(=O)CN(Cc2ccccc2Cl)C(C)=O)c(OC)c1. The van der Waals surface area contributed by atoms with Crippen LogP contribution in [0.1, 0.15) is 12.5 Å². The Labute approximate surface area is 157 Å². The zero-order chi connectivity index (χ0) is 19.1. The van der Waals surface area contributed by atoms with Crippen molar-refractivity contribution in [1.29, 1.82) is 0 Å². The number of rotatable bonds is 7. The van der Waals surface area contributed by atoms with E-state index in [0.29, 0.717) is 22.2 Å². The highest BCUT2D eigenvalue weighted by Gasteiger charge is 2.17. The van der Waals surface area contributed by atoms with Crippen molar-refractivity contribution >= 4 is 29.1 Å². The van der Waals surface area contributed by atoms with Crippen LogP contribution in [0.2, 0.25) is 5.02 Å². The van der Waals surface area contributed by atoms with Gasteiger partial charge in [-0.05, 0) is 23.8 Å². The van der Waals surface area contributed by atoms with Gasteiger partial charge in [0.25, 0.3) is 0 Å². The first-order chi connectivity index (χ1) is 12.4. The predicted molar refractivity (Wildman–Crippen MR) is 101 cm³/mol. The minimum atomic E-state index is -0.337. The number of amides is 2. The van der Waals surface area contributed by atoms with Gasteiger partial charge in [0, 0.05) is 24.6 Å². The number of nitrogens with zero attached hydrogens (tertiary/aromatic N) is 1. The third-order valence-electron chi connectivity index (χ3n) is 3.78. The van der Waals surface area contributed by atoms with Gasteiger partial charge in [0.1, 0.15) is 18.0 Å². The quantitative estimate of drug-likeness (QED) is 0.804. The van der Waals surface area contributed by atoms with Crippen molar-refractivity contribution in [1.82, 2.24) is 4.90 Å². The molecular weight excluding hydrogens is 356 g/mol. The molecule has 0 saturated heterocycles. The Hall–Kier alpha value is -2.73. The molecule has 6 nitrogen and oxygen atoms in total. The van der Waals surface area contributed by atoms with E-state index in [0.717, 1.165) is 5.56 Å². The molecule has 26 heavy (non-hydrogen) atoms. The van der Waals surface area contributed by atoms with Crippen LogP contribution in [-0.2, 0) is 16.1 Å². The van der Waals surface area contributed by atoms with Crippen LogP contribution in [0.25, 0.3) is 0 Å². The van der Waals surface area contributed by atoms with Gasteiger partial charge in [-0.25, -0.2) is 0 Å². The molecular formula is C19H21ClN2O4. The average molecular weight is 377 g/mol. The molecule has 0 spiro atoms. The van der Waals surface area contributed by atoms with Crippen LogP contribution in [0.3, 0.4) is 0 Å². The van der Waals surface area contributed by atoms with E-state index in [1.807, 2.05) is 18.2 Å². The Balaban J connectivity index is 2.09. The number of carbonyl (C=O) groups excluding carboxylic acids is 2. The molecule has 1 N–H and O–H groups in total. The lowest BCUT2D eigenvalue weighted by Gasteiger charge is -2.21. The molecule has 0 aromatic heterocycles. The maximum atomic E-state index is 12.4. The molecule has 0 aliphatic rings. The summed E-state index contributed by atoms with van der Waals surface area (Å²) in [7, 11) is 3.05. The maximum Gasteiger partial charge on any atom is 0.244 e. The first kappa shape index (κ1) is 19.6. The summed E-state index contributed by atoms with van der Waals surface area (Å²) in [5, 5.41) is 3.30. The summed E-state index contributed by atoms with van der Waals surface area (Å²) in [4.78, 5) is 25.7. The van der Waals surface area contributed by atoms with Crippen LogP contribution in [0.15, 0.2) is 42.5 Å². The van der Waals surface area contributed by atoms with Crippen molar-refractivity contribution < 1.29 is 19.1 Å². The minimum absolute atomic E-state index is 0.101. The second-order valence-electron chi connectivity index (χ2n) is 5.58. The predicted octanol–water partition coefficient (Wildman–Crippen LogP) is 3.34. The number of anilines is 1. The summed E-state index contributed by atoms with van der Waals surface area (Å²) >= 11 is 6.14. The standard InChI is InChI=1S/C19H21ClN2O4/c1-13(23)22(11-14-6-4-5-7-16(14)20)12-19(24)21-17-9-8-15(25-2)10-18(17)26-3/h4-10H,11-12H2,1-3H3,(H,21,24). The lowest BCUT2D eigenvalue weighted by molar-refractivity contribution is -0.133. The number of carbonyl (C=O) groups is 2. The van der Waals surface area contributed by atoms with Crippen molar-refractivity contribution in [3.8, 4) is 11.5 Å². The number of nitrogens with one attached hydrogen (secondary N) is 1. The summed E-state index contributed by atoms with van der Waals surface area (Å²) in [5.41, 5.74) is 1.28. The molecule has 2 rings (SSSR count). The molecule has 2 aromatic rings. The molecule has 0 saturated carbocycles. The molecule has 0 aliphatic heterocycles. The number of halogens is 1. The molecule has 138 valence electrons. The van der Waals surface area contributed by atoms with Gasteiger partial charge in [0.15, 0.2) is 0 Å². The second-order valence-corrected chi connectivity index (χ2v) is 5.99. The molecule has 2 aromatic carbocycles. The zero-order valence-electron chi connectivity index (χ0n) is 14.9. The summed E-state index contributed by atoms with van der Waals surface area (Å²) in [6.07, 6.45) is 0. The Morgan fingerprint density at radius 2 is 1.85 bits per heavy atom. The Morgan fingerprint density at radius 3 is 2.46 bits per heavy atom. The van der Waals surface area contributed by atoms with Gasteiger partial charge in [-0.2, -0.15) is 0 Å². The number of hydrogen-bond acceptors (Lipinski definition) is 4. The van der Waals surface area contributed by atoms with E-state index in [1.54, 1.807) is 31.4 Å². The highest BCUT2D eigenvalue weighted by atomic mass is 35.5. The summed E-state index contributed by atoms with van der Waals surface area (Å²) in [6.45, 7) is 1.57. The van der Waals surface area contributed by atoms with E-state index in [1.165, 1.54) is 18.9 Å². The Kier molecular flexibility index (Phi) is 6.86. The fourth-order valence-electron chi connectivity index (χ4n) is 2.38. The van der Waals surface area contributed by atoms with Crippen molar-refractivity contribution in [3.63, 3.8) is 0 Å². The third-order valence-corrected chi connectivity index (χ3v) is 4.15. The van der Waals surface area contributed by atoms with Gasteiger partial charge in [-0.15, -0.1) is 0 Å². The van der Waals surface area contributed by atoms with Crippen LogP contribution in [0.5, 0.6) is 11.5 Å². The van der Waals surface area contributed by atoms with E-state index >= 15 is 0 Å². The maximum absolute atomic E-state index is 12.4. The summed E-state index contributed by atoms with van der Waals surface area (Å²) in [5.74, 6) is 0.527. The zero-order valence-corrected chi connectivity index (χ0v) is 15.7. The molecule has 0 bridgehead atoms. The van der Waals surface area contributed by atoms with E-state index in [2.05, 4.69) is 5.32 Å². The van der Waals surface area contributed by atoms with E-state index < -0.39 is 0 Å². The van der Waals surface area contributed by atoms with E-state index in [9.17, 15) is 9.59 Å². The van der Waals surface area contributed by atoms with Crippen molar-refractivity contribution in [2.24, 2.45) is 0 Å². The Morgan fingerprint density at radius 1 is 1.12 bits per heavy atom. The normalized spacial score (nSPS) is 10.2. The molecule has 0 aliphatic carbocycles. The monoisotopic (exact) mass is 376 g/mol. The van der Waals surface area contributed by atoms with Crippen molar-refractivity contribution in [2.45, 2.75) is 13.5 Å². The number of methoxy groups -OCH3 is 2. The number of ether oxygens (including phenoxy) is 2. The van der Waals surface area contributed by atoms with Crippen LogP contribution < -0.4 is 14.8 Å². The van der Waals surface area contributed by atoms with Gasteiger partial charge < -0.3 is 19.7 Å².